The Hall–Kier alpha value is -2.34. The van der Waals surface area contributed by atoms with Crippen molar-refractivity contribution in [3.63, 3.8) is 0 Å². The van der Waals surface area contributed by atoms with Crippen LogP contribution in [-0.4, -0.2) is 48.4 Å². The molecule has 1 aromatic heterocycles. The zero-order valence-electron chi connectivity index (χ0n) is 16.4. The van der Waals surface area contributed by atoms with Gasteiger partial charge in [0.1, 0.15) is 24.9 Å². The maximum atomic E-state index is 12.7. The van der Waals surface area contributed by atoms with E-state index in [2.05, 4.69) is 24.9 Å². The average Bonchev–Trinajstić information content (AvgIpc) is 2.68. The van der Waals surface area contributed by atoms with Gasteiger partial charge in [0.05, 0.1) is 12.2 Å². The van der Waals surface area contributed by atoms with Crippen LogP contribution in [0.4, 0.5) is 0 Å². The first-order chi connectivity index (χ1) is 13.5. The second-order valence-corrected chi connectivity index (χ2v) is 7.97. The highest BCUT2D eigenvalue weighted by Crippen LogP contribution is 2.46. The Morgan fingerprint density at radius 3 is 2.68 bits per heavy atom. The van der Waals surface area contributed by atoms with Crippen molar-refractivity contribution in [2.45, 2.75) is 50.9 Å². The normalized spacial score (nSPS) is 20.7. The fourth-order valence-electron chi connectivity index (χ4n) is 4.13. The second-order valence-electron chi connectivity index (χ2n) is 7.97. The van der Waals surface area contributed by atoms with Crippen molar-refractivity contribution in [3.8, 4) is 5.75 Å². The van der Waals surface area contributed by atoms with Crippen molar-refractivity contribution in [3.05, 3.63) is 53.9 Å². The van der Waals surface area contributed by atoms with Gasteiger partial charge in [0, 0.05) is 44.1 Å². The predicted octanol–water partition coefficient (Wildman–Crippen LogP) is 2.80. The Morgan fingerprint density at radius 2 is 2.00 bits per heavy atom. The van der Waals surface area contributed by atoms with E-state index in [0.29, 0.717) is 24.2 Å². The lowest BCUT2D eigenvalue weighted by Gasteiger charge is -2.47. The number of nitrogens with zero attached hydrogens (tertiary/aromatic N) is 2. The fourth-order valence-corrected chi connectivity index (χ4v) is 4.13. The quantitative estimate of drug-likeness (QED) is 0.774. The van der Waals surface area contributed by atoms with Gasteiger partial charge in [0.2, 0.25) is 0 Å². The molecular weight excluding hydrogens is 351 g/mol. The number of benzene rings is 1. The molecule has 1 saturated heterocycles. The molecule has 4 rings (SSSR count). The first-order valence-corrected chi connectivity index (χ1v) is 9.90. The molecule has 1 amide bonds. The van der Waals surface area contributed by atoms with Gasteiger partial charge in [0.25, 0.3) is 5.91 Å². The van der Waals surface area contributed by atoms with Gasteiger partial charge < -0.3 is 14.4 Å². The van der Waals surface area contributed by atoms with E-state index in [1.165, 1.54) is 6.20 Å². The molecule has 0 unspecified atom stereocenters. The van der Waals surface area contributed by atoms with E-state index < -0.39 is 0 Å². The van der Waals surface area contributed by atoms with E-state index in [1.807, 2.05) is 23.1 Å². The molecule has 0 aliphatic carbocycles. The van der Waals surface area contributed by atoms with Crippen LogP contribution in [0, 0.1) is 0 Å². The maximum absolute atomic E-state index is 12.7. The summed E-state index contributed by atoms with van der Waals surface area (Å²) in [5, 5.41) is 0. The number of hydrogen-bond donors (Lipinski definition) is 0. The number of carbonyl (C=O) groups is 1. The van der Waals surface area contributed by atoms with Gasteiger partial charge in [-0.05, 0) is 26.0 Å². The highest BCUT2D eigenvalue weighted by molar-refractivity contribution is 6.32. The number of pyridine rings is 1. The van der Waals surface area contributed by atoms with Gasteiger partial charge in [-0.3, -0.25) is 9.78 Å². The topological polar surface area (TPSA) is 51.7 Å². The zero-order chi connectivity index (χ0) is 19.7. The van der Waals surface area contributed by atoms with Crippen LogP contribution in [0.2, 0.25) is 0 Å². The van der Waals surface area contributed by atoms with E-state index in [-0.39, 0.29) is 23.7 Å². The number of para-hydroxylation sites is 1. The Kier molecular flexibility index (Phi) is 5.15. The molecule has 3 heterocycles. The van der Waals surface area contributed by atoms with Gasteiger partial charge in [-0.15, -0.1) is 0 Å². The van der Waals surface area contributed by atoms with E-state index >= 15 is 0 Å². The van der Waals surface area contributed by atoms with Gasteiger partial charge in [-0.25, -0.2) is 0 Å². The number of carbonyl (C=O) groups excluding carboxylic acids is 1. The number of hydrogen-bond acceptors (Lipinski definition) is 4. The summed E-state index contributed by atoms with van der Waals surface area (Å²) in [4.78, 5) is 18.8. The standard InChI is InChI=1S/C22H25BN2O3/c1-15(2)27-20-13-22(28-19-6-4-3-5-17(19)20)9-11-25(12-10-22)21(26)18-8-7-16(23)14-24-18/h3-8,14-15,20H,9-13H2,1-2H3/t20-/m1/s1. The van der Waals surface area contributed by atoms with Crippen molar-refractivity contribution >= 4 is 19.2 Å². The fraction of sp³-hybridized carbons (Fsp3) is 0.455. The van der Waals surface area contributed by atoms with Crippen LogP contribution in [0.5, 0.6) is 5.75 Å². The Labute approximate surface area is 167 Å². The van der Waals surface area contributed by atoms with Crippen LogP contribution in [0.3, 0.4) is 0 Å². The number of rotatable bonds is 3. The van der Waals surface area contributed by atoms with E-state index in [4.69, 9.17) is 17.3 Å². The molecule has 1 atom stereocenters. The van der Waals surface area contributed by atoms with Crippen LogP contribution in [0.25, 0.3) is 0 Å². The van der Waals surface area contributed by atoms with Crippen LogP contribution in [0.1, 0.15) is 55.3 Å². The van der Waals surface area contributed by atoms with E-state index in [9.17, 15) is 4.79 Å². The van der Waals surface area contributed by atoms with Gasteiger partial charge in [-0.2, -0.15) is 0 Å². The van der Waals surface area contributed by atoms with Crippen molar-refractivity contribution in [1.82, 2.24) is 9.88 Å². The highest BCUT2D eigenvalue weighted by atomic mass is 16.5. The Morgan fingerprint density at radius 1 is 1.25 bits per heavy atom. The number of amides is 1. The molecule has 1 aromatic carbocycles. The molecular formula is C22H25BN2O3. The average molecular weight is 376 g/mol. The lowest BCUT2D eigenvalue weighted by atomic mass is 9.81. The number of ether oxygens (including phenoxy) is 2. The third-order valence-electron chi connectivity index (χ3n) is 5.55. The van der Waals surface area contributed by atoms with E-state index in [1.54, 1.807) is 12.1 Å². The molecule has 2 aliphatic rings. The molecule has 28 heavy (non-hydrogen) atoms. The molecule has 2 radical (unpaired) electrons. The van der Waals surface area contributed by atoms with Crippen LogP contribution < -0.4 is 10.2 Å². The summed E-state index contributed by atoms with van der Waals surface area (Å²) in [7, 11) is 5.67. The van der Waals surface area contributed by atoms with Gasteiger partial charge >= 0.3 is 0 Å². The van der Waals surface area contributed by atoms with Crippen molar-refractivity contribution in [1.29, 1.82) is 0 Å². The molecule has 1 fully saturated rings. The smallest absolute Gasteiger partial charge is 0.272 e. The number of aromatic nitrogens is 1. The lowest BCUT2D eigenvalue weighted by molar-refractivity contribution is -0.0872. The molecule has 0 saturated carbocycles. The summed E-state index contributed by atoms with van der Waals surface area (Å²) in [6.45, 7) is 5.40. The van der Waals surface area contributed by atoms with Gasteiger partial charge in [0.15, 0.2) is 0 Å². The summed E-state index contributed by atoms with van der Waals surface area (Å²) in [6, 6.07) is 11.5. The summed E-state index contributed by atoms with van der Waals surface area (Å²) >= 11 is 0. The molecule has 0 N–H and O–H groups in total. The molecule has 0 bridgehead atoms. The molecule has 6 heteroatoms. The number of likely N-dealkylation sites (tertiary alicyclic amines) is 1. The number of piperidine rings is 1. The zero-order valence-corrected chi connectivity index (χ0v) is 16.4. The summed E-state index contributed by atoms with van der Waals surface area (Å²) in [5.41, 5.74) is 1.81. The minimum atomic E-state index is -0.292. The molecule has 5 nitrogen and oxygen atoms in total. The largest absolute Gasteiger partial charge is 0.487 e. The van der Waals surface area contributed by atoms with Crippen molar-refractivity contribution < 1.29 is 14.3 Å². The van der Waals surface area contributed by atoms with Crippen molar-refractivity contribution in [2.24, 2.45) is 0 Å². The second kappa shape index (κ2) is 7.59. The third kappa shape index (κ3) is 3.79. The first kappa shape index (κ1) is 19.0. The number of fused-ring (bicyclic) bond motifs is 1. The Balaban J connectivity index is 1.49. The minimum Gasteiger partial charge on any atom is -0.487 e. The van der Waals surface area contributed by atoms with Crippen LogP contribution in [0.15, 0.2) is 42.6 Å². The predicted molar refractivity (Wildman–Crippen MR) is 108 cm³/mol. The highest BCUT2D eigenvalue weighted by Gasteiger charge is 2.44. The van der Waals surface area contributed by atoms with Crippen molar-refractivity contribution in [2.75, 3.05) is 13.1 Å². The first-order valence-electron chi connectivity index (χ1n) is 9.90. The summed E-state index contributed by atoms with van der Waals surface area (Å²) in [5.74, 6) is 0.848. The van der Waals surface area contributed by atoms with Crippen LogP contribution >= 0.6 is 0 Å². The maximum Gasteiger partial charge on any atom is 0.272 e. The molecule has 2 aromatic rings. The molecule has 2 aliphatic heterocycles. The Bertz CT molecular complexity index is 845. The molecule has 144 valence electrons. The summed E-state index contributed by atoms with van der Waals surface area (Å²) in [6.07, 6.45) is 4.05. The lowest BCUT2D eigenvalue weighted by Crippen LogP contribution is -2.52. The SMILES string of the molecule is [B]c1ccc(C(=O)N2CCC3(CC2)C[C@@H](OC(C)C)c2ccccc2O3)nc1. The minimum absolute atomic E-state index is 0.0194. The monoisotopic (exact) mass is 376 g/mol. The van der Waals surface area contributed by atoms with Gasteiger partial charge in [-0.1, -0.05) is 29.7 Å². The van der Waals surface area contributed by atoms with Crippen LogP contribution in [-0.2, 0) is 4.74 Å². The molecule has 1 spiro atoms. The third-order valence-corrected chi connectivity index (χ3v) is 5.55. The van der Waals surface area contributed by atoms with E-state index in [0.717, 1.165) is 30.6 Å². The summed E-state index contributed by atoms with van der Waals surface area (Å²) < 4.78 is 12.7.